The van der Waals surface area contributed by atoms with Crippen LogP contribution in [0.15, 0.2) is 46.3 Å². The van der Waals surface area contributed by atoms with Crippen LogP contribution in [0.1, 0.15) is 17.8 Å². The number of halogens is 3. The SMILES string of the molecule is Nc1cc(S(=O)(=O)c2ccc(OC(F)(F)F)cc2)cnc1-c1nnc(C[C@H]2CCCO2)s1. The number of hydrogen-bond acceptors (Lipinski definition) is 9. The van der Waals surface area contributed by atoms with Crippen LogP contribution in [0, 0.1) is 0 Å². The number of nitrogens with zero attached hydrogens (tertiary/aromatic N) is 3. The summed E-state index contributed by atoms with van der Waals surface area (Å²) in [6.07, 6.45) is -1.02. The molecule has 2 N–H and O–H groups in total. The van der Waals surface area contributed by atoms with E-state index in [9.17, 15) is 21.6 Å². The Morgan fingerprint density at radius 2 is 1.94 bits per heavy atom. The van der Waals surface area contributed by atoms with Crippen molar-refractivity contribution >= 4 is 26.9 Å². The van der Waals surface area contributed by atoms with E-state index in [2.05, 4.69) is 19.9 Å². The summed E-state index contributed by atoms with van der Waals surface area (Å²) in [6, 6.07) is 5.11. The van der Waals surface area contributed by atoms with Crippen molar-refractivity contribution in [2.75, 3.05) is 12.3 Å². The van der Waals surface area contributed by atoms with E-state index in [0.29, 0.717) is 17.1 Å². The second kappa shape index (κ2) is 8.64. The van der Waals surface area contributed by atoms with E-state index in [-0.39, 0.29) is 21.6 Å². The number of nitrogen functional groups attached to an aromatic ring is 1. The average molecular weight is 486 g/mol. The number of ether oxygens (including phenoxy) is 2. The zero-order chi connectivity index (χ0) is 22.9. The highest BCUT2D eigenvalue weighted by Crippen LogP contribution is 2.32. The quantitative estimate of drug-likeness (QED) is 0.561. The van der Waals surface area contributed by atoms with Crippen LogP contribution in [-0.2, 0) is 21.0 Å². The van der Waals surface area contributed by atoms with Gasteiger partial charge >= 0.3 is 6.36 Å². The summed E-state index contributed by atoms with van der Waals surface area (Å²) in [5, 5.41) is 9.45. The van der Waals surface area contributed by atoms with Gasteiger partial charge in [-0.2, -0.15) is 0 Å². The van der Waals surface area contributed by atoms with Gasteiger partial charge in [-0.3, -0.25) is 4.98 Å². The molecule has 32 heavy (non-hydrogen) atoms. The van der Waals surface area contributed by atoms with Gasteiger partial charge in [-0.1, -0.05) is 11.3 Å². The Hall–Kier alpha value is -2.77. The molecule has 0 unspecified atom stereocenters. The Balaban J connectivity index is 1.54. The van der Waals surface area contributed by atoms with Gasteiger partial charge < -0.3 is 15.2 Å². The minimum Gasteiger partial charge on any atom is -0.406 e. The van der Waals surface area contributed by atoms with Crippen molar-refractivity contribution in [2.24, 2.45) is 0 Å². The number of aromatic nitrogens is 3. The molecule has 170 valence electrons. The van der Waals surface area contributed by atoms with Crippen LogP contribution in [0.5, 0.6) is 5.75 Å². The van der Waals surface area contributed by atoms with Gasteiger partial charge in [0.15, 0.2) is 5.01 Å². The number of rotatable bonds is 6. The van der Waals surface area contributed by atoms with Crippen LogP contribution >= 0.6 is 11.3 Å². The van der Waals surface area contributed by atoms with Gasteiger partial charge in [-0.05, 0) is 43.2 Å². The van der Waals surface area contributed by atoms with Gasteiger partial charge in [-0.15, -0.1) is 23.4 Å². The second-order valence-corrected chi connectivity index (χ2v) is 9.98. The third kappa shape index (κ3) is 5.00. The molecule has 0 spiro atoms. The number of sulfone groups is 1. The lowest BCUT2D eigenvalue weighted by molar-refractivity contribution is -0.274. The first-order valence-electron chi connectivity index (χ1n) is 9.42. The van der Waals surface area contributed by atoms with Gasteiger partial charge in [0.25, 0.3) is 0 Å². The molecule has 3 heterocycles. The van der Waals surface area contributed by atoms with Crippen molar-refractivity contribution in [1.29, 1.82) is 0 Å². The molecular weight excluding hydrogens is 469 g/mol. The molecule has 1 fully saturated rings. The van der Waals surface area contributed by atoms with Gasteiger partial charge in [0, 0.05) is 19.2 Å². The Labute approximate surface area is 185 Å². The van der Waals surface area contributed by atoms with E-state index in [1.165, 1.54) is 17.4 Å². The van der Waals surface area contributed by atoms with E-state index in [1.807, 2.05) is 0 Å². The summed E-state index contributed by atoms with van der Waals surface area (Å²) < 4.78 is 71.9. The molecule has 0 amide bonds. The highest BCUT2D eigenvalue weighted by molar-refractivity contribution is 7.91. The van der Waals surface area contributed by atoms with Crippen LogP contribution in [0.3, 0.4) is 0 Å². The second-order valence-electron chi connectivity index (χ2n) is 6.97. The van der Waals surface area contributed by atoms with Crippen LogP contribution in [0.25, 0.3) is 10.7 Å². The van der Waals surface area contributed by atoms with Gasteiger partial charge in [0.2, 0.25) is 9.84 Å². The number of nitrogens with two attached hydrogens (primary N) is 1. The summed E-state index contributed by atoms with van der Waals surface area (Å²) in [7, 11) is -4.06. The summed E-state index contributed by atoms with van der Waals surface area (Å²) in [5.74, 6) is -0.528. The third-order valence-electron chi connectivity index (χ3n) is 4.67. The molecule has 0 aliphatic carbocycles. The van der Waals surface area contributed by atoms with E-state index in [4.69, 9.17) is 10.5 Å². The van der Waals surface area contributed by atoms with E-state index < -0.39 is 21.9 Å². The molecule has 0 bridgehead atoms. The molecule has 4 rings (SSSR count). The number of hydrogen-bond donors (Lipinski definition) is 1. The molecule has 2 aromatic heterocycles. The number of pyridine rings is 1. The van der Waals surface area contributed by atoms with Gasteiger partial charge in [0.05, 0.1) is 21.6 Å². The highest BCUT2D eigenvalue weighted by atomic mass is 32.2. The summed E-state index contributed by atoms with van der Waals surface area (Å²) in [6.45, 7) is 0.735. The van der Waals surface area contributed by atoms with Gasteiger partial charge in [-0.25, -0.2) is 8.42 Å². The molecule has 1 aliphatic rings. The fourth-order valence-corrected chi connectivity index (χ4v) is 5.34. The lowest BCUT2D eigenvalue weighted by Crippen LogP contribution is -2.17. The monoisotopic (exact) mass is 486 g/mol. The molecule has 0 saturated carbocycles. The minimum absolute atomic E-state index is 0.0860. The van der Waals surface area contributed by atoms with Crippen LogP contribution in [-0.4, -0.2) is 42.7 Å². The van der Waals surface area contributed by atoms with E-state index >= 15 is 0 Å². The Morgan fingerprint density at radius 3 is 2.56 bits per heavy atom. The van der Waals surface area contributed by atoms with Crippen LogP contribution < -0.4 is 10.5 Å². The molecule has 13 heteroatoms. The first-order chi connectivity index (χ1) is 15.1. The first-order valence-corrected chi connectivity index (χ1v) is 11.7. The van der Waals surface area contributed by atoms with Crippen molar-refractivity contribution in [3.05, 3.63) is 41.5 Å². The smallest absolute Gasteiger partial charge is 0.406 e. The Bertz CT molecular complexity index is 1210. The zero-order valence-corrected chi connectivity index (χ0v) is 18.0. The molecule has 1 aliphatic heterocycles. The molecular formula is C19H17F3N4O4S2. The first kappa shape index (κ1) is 22.4. The molecule has 3 aromatic rings. The number of benzene rings is 1. The summed E-state index contributed by atoms with van der Waals surface area (Å²) >= 11 is 1.30. The average Bonchev–Trinajstić information content (AvgIpc) is 3.40. The summed E-state index contributed by atoms with van der Waals surface area (Å²) in [4.78, 5) is 3.72. The van der Waals surface area contributed by atoms with Crippen LogP contribution in [0.2, 0.25) is 0 Å². The topological polar surface area (TPSA) is 117 Å². The zero-order valence-electron chi connectivity index (χ0n) is 16.4. The highest BCUT2D eigenvalue weighted by Gasteiger charge is 2.31. The van der Waals surface area contributed by atoms with Crippen molar-refractivity contribution in [3.63, 3.8) is 0 Å². The van der Waals surface area contributed by atoms with Crippen molar-refractivity contribution < 1.29 is 31.1 Å². The lowest BCUT2D eigenvalue weighted by atomic mass is 10.2. The van der Waals surface area contributed by atoms with Gasteiger partial charge in [0.1, 0.15) is 16.5 Å². The normalized spacial score (nSPS) is 16.9. The van der Waals surface area contributed by atoms with E-state index in [0.717, 1.165) is 54.9 Å². The third-order valence-corrected chi connectivity index (χ3v) is 7.35. The maximum Gasteiger partial charge on any atom is 0.573 e. The van der Waals surface area contributed by atoms with Crippen LogP contribution in [0.4, 0.5) is 18.9 Å². The van der Waals surface area contributed by atoms with Crippen molar-refractivity contribution in [3.8, 4) is 16.5 Å². The van der Waals surface area contributed by atoms with E-state index in [1.54, 1.807) is 0 Å². The standard InChI is InChI=1S/C19H17F3N4O4S2/c20-19(21,22)30-11-3-5-13(6-4-11)32(27,28)14-9-15(23)17(24-10-14)18-26-25-16(31-18)8-12-2-1-7-29-12/h3-6,9-10,12H,1-2,7-8,23H2/t12-/m1/s1. The molecule has 1 aromatic carbocycles. The predicted molar refractivity (Wildman–Crippen MR) is 109 cm³/mol. The maximum atomic E-state index is 12.8. The predicted octanol–water partition coefficient (Wildman–Crippen LogP) is 3.64. The minimum atomic E-state index is -4.87. The molecule has 0 radical (unpaired) electrons. The maximum absolute atomic E-state index is 12.8. The number of alkyl halides is 3. The van der Waals surface area contributed by atoms with Crippen molar-refractivity contribution in [1.82, 2.24) is 15.2 Å². The lowest BCUT2D eigenvalue weighted by Gasteiger charge is -2.10. The fourth-order valence-electron chi connectivity index (χ4n) is 3.18. The Morgan fingerprint density at radius 1 is 1.19 bits per heavy atom. The molecule has 1 saturated heterocycles. The Kier molecular flexibility index (Phi) is 6.05. The largest absolute Gasteiger partial charge is 0.573 e. The summed E-state index contributed by atoms with van der Waals surface area (Å²) in [5.41, 5.74) is 6.42. The van der Waals surface area contributed by atoms with Crippen molar-refractivity contribution in [2.45, 2.75) is 41.5 Å². The molecule has 8 nitrogen and oxygen atoms in total. The number of anilines is 1. The fraction of sp³-hybridized carbons (Fsp3) is 0.316. The molecule has 1 atom stereocenters.